The predicted octanol–water partition coefficient (Wildman–Crippen LogP) is 0.246. The maximum Gasteiger partial charge on any atom is 0.309 e. The molecule has 0 saturated heterocycles. The molecule has 0 spiro atoms. The number of amides is 1. The van der Waals surface area contributed by atoms with Gasteiger partial charge < -0.3 is 15.4 Å². The molecular weight excluding hydrogens is 244 g/mol. The van der Waals surface area contributed by atoms with E-state index in [4.69, 9.17) is 10.5 Å². The lowest BCUT2D eigenvalue weighted by molar-refractivity contribution is -0.139. The molecule has 2 rings (SSSR count). The van der Waals surface area contributed by atoms with Crippen molar-refractivity contribution in [2.45, 2.75) is 19.4 Å². The first-order valence-corrected chi connectivity index (χ1v) is 6.30. The van der Waals surface area contributed by atoms with Crippen molar-refractivity contribution in [2.24, 2.45) is 5.73 Å². The van der Waals surface area contributed by atoms with Gasteiger partial charge in [0, 0.05) is 13.1 Å². The van der Waals surface area contributed by atoms with Gasteiger partial charge in [0.2, 0.25) is 5.91 Å². The van der Waals surface area contributed by atoms with E-state index in [1.807, 2.05) is 18.2 Å². The summed E-state index contributed by atoms with van der Waals surface area (Å²) in [6.45, 7) is 1.26. The van der Waals surface area contributed by atoms with Crippen molar-refractivity contribution in [2.75, 3.05) is 20.2 Å². The third-order valence-corrected chi connectivity index (χ3v) is 3.45. The standard InChI is InChI=1S/C14H18N2O3/c1-19-14(18)7-10-3-2-4-11-9-16(13(17)8-15)6-5-12(10)11/h2-4H,5-9,15H2,1H3. The Bertz CT molecular complexity index is 499. The van der Waals surface area contributed by atoms with E-state index in [0.29, 0.717) is 13.1 Å². The van der Waals surface area contributed by atoms with Crippen LogP contribution < -0.4 is 5.73 Å². The summed E-state index contributed by atoms with van der Waals surface area (Å²) >= 11 is 0. The van der Waals surface area contributed by atoms with Gasteiger partial charge in [-0.05, 0) is 23.1 Å². The lowest BCUT2D eigenvalue weighted by Gasteiger charge is -2.29. The van der Waals surface area contributed by atoms with E-state index < -0.39 is 0 Å². The largest absolute Gasteiger partial charge is 0.469 e. The molecule has 0 unspecified atom stereocenters. The fraction of sp³-hybridized carbons (Fsp3) is 0.429. The van der Waals surface area contributed by atoms with Crippen LogP contribution in [0.2, 0.25) is 0 Å². The number of carbonyl (C=O) groups excluding carboxylic acids is 2. The molecule has 0 radical (unpaired) electrons. The number of rotatable bonds is 3. The van der Waals surface area contributed by atoms with Gasteiger partial charge >= 0.3 is 5.97 Å². The Balaban J connectivity index is 2.21. The molecule has 0 bridgehead atoms. The number of nitrogens with zero attached hydrogens (tertiary/aromatic N) is 1. The number of nitrogens with two attached hydrogens (primary N) is 1. The minimum absolute atomic E-state index is 0.0379. The Labute approximate surface area is 112 Å². The first-order chi connectivity index (χ1) is 9.15. The van der Waals surface area contributed by atoms with Crippen LogP contribution in [0.3, 0.4) is 0 Å². The van der Waals surface area contributed by atoms with Crippen LogP contribution in [0.15, 0.2) is 18.2 Å². The summed E-state index contributed by atoms with van der Waals surface area (Å²) in [6.07, 6.45) is 1.04. The van der Waals surface area contributed by atoms with Crippen LogP contribution in [-0.4, -0.2) is 37.0 Å². The Morgan fingerprint density at radius 3 is 2.89 bits per heavy atom. The summed E-state index contributed by atoms with van der Waals surface area (Å²) in [7, 11) is 1.39. The zero-order chi connectivity index (χ0) is 13.8. The van der Waals surface area contributed by atoms with Gasteiger partial charge in [-0.2, -0.15) is 0 Å². The fourth-order valence-electron chi connectivity index (χ4n) is 2.42. The predicted molar refractivity (Wildman–Crippen MR) is 70.3 cm³/mol. The van der Waals surface area contributed by atoms with Crippen molar-refractivity contribution in [3.63, 3.8) is 0 Å². The molecule has 0 aromatic heterocycles. The summed E-state index contributed by atoms with van der Waals surface area (Å²) in [5, 5.41) is 0. The number of methoxy groups -OCH3 is 1. The maximum atomic E-state index is 11.6. The molecule has 1 amide bonds. The number of carbonyl (C=O) groups is 2. The molecule has 0 fully saturated rings. The van der Waals surface area contributed by atoms with Crippen LogP contribution in [0.4, 0.5) is 0 Å². The SMILES string of the molecule is COC(=O)Cc1cccc2c1CCN(C(=O)CN)C2. The summed E-state index contributed by atoms with van der Waals surface area (Å²) in [5.74, 6) is -0.280. The van der Waals surface area contributed by atoms with E-state index in [-0.39, 0.29) is 24.8 Å². The summed E-state index contributed by atoms with van der Waals surface area (Å²) in [6, 6.07) is 5.84. The van der Waals surface area contributed by atoms with Crippen LogP contribution in [0, 0.1) is 0 Å². The number of esters is 1. The minimum Gasteiger partial charge on any atom is -0.469 e. The van der Waals surface area contributed by atoms with Crippen LogP contribution in [0.5, 0.6) is 0 Å². The van der Waals surface area contributed by atoms with Gasteiger partial charge in [-0.25, -0.2) is 0 Å². The minimum atomic E-state index is -0.242. The van der Waals surface area contributed by atoms with Crippen molar-refractivity contribution in [1.82, 2.24) is 4.90 Å². The quantitative estimate of drug-likeness (QED) is 0.792. The first kappa shape index (κ1) is 13.5. The highest BCUT2D eigenvalue weighted by Crippen LogP contribution is 2.23. The Kier molecular flexibility index (Phi) is 4.16. The Morgan fingerprint density at radius 2 is 2.21 bits per heavy atom. The normalized spacial score (nSPS) is 13.9. The Hall–Kier alpha value is -1.88. The van der Waals surface area contributed by atoms with Crippen molar-refractivity contribution in [3.8, 4) is 0 Å². The molecule has 5 nitrogen and oxygen atoms in total. The fourth-order valence-corrected chi connectivity index (χ4v) is 2.42. The van der Waals surface area contributed by atoms with Gasteiger partial charge in [0.1, 0.15) is 0 Å². The van der Waals surface area contributed by atoms with Crippen LogP contribution in [-0.2, 0) is 33.7 Å². The highest BCUT2D eigenvalue weighted by molar-refractivity contribution is 5.78. The molecule has 2 N–H and O–H groups in total. The molecule has 0 saturated carbocycles. The molecule has 1 aliphatic rings. The molecule has 5 heteroatoms. The molecule has 0 atom stereocenters. The van der Waals surface area contributed by atoms with Crippen molar-refractivity contribution < 1.29 is 14.3 Å². The van der Waals surface area contributed by atoms with Gasteiger partial charge in [-0.1, -0.05) is 18.2 Å². The summed E-state index contributed by atoms with van der Waals surface area (Å²) in [5.41, 5.74) is 8.63. The maximum absolute atomic E-state index is 11.6. The van der Waals surface area contributed by atoms with Crippen LogP contribution >= 0.6 is 0 Å². The van der Waals surface area contributed by atoms with Gasteiger partial charge in [0.15, 0.2) is 0 Å². The average molecular weight is 262 g/mol. The van der Waals surface area contributed by atoms with Crippen molar-refractivity contribution >= 4 is 11.9 Å². The van der Waals surface area contributed by atoms with Gasteiger partial charge in [0.05, 0.1) is 20.1 Å². The third kappa shape index (κ3) is 2.93. The molecule has 19 heavy (non-hydrogen) atoms. The molecular formula is C14H18N2O3. The number of fused-ring (bicyclic) bond motifs is 1. The zero-order valence-corrected chi connectivity index (χ0v) is 11.0. The Morgan fingerprint density at radius 1 is 1.42 bits per heavy atom. The average Bonchev–Trinajstić information content (AvgIpc) is 2.46. The smallest absolute Gasteiger partial charge is 0.309 e. The van der Waals surface area contributed by atoms with E-state index in [2.05, 4.69) is 0 Å². The van der Waals surface area contributed by atoms with Crippen LogP contribution in [0.25, 0.3) is 0 Å². The van der Waals surface area contributed by atoms with Gasteiger partial charge in [-0.15, -0.1) is 0 Å². The van der Waals surface area contributed by atoms with E-state index >= 15 is 0 Å². The lowest BCUT2D eigenvalue weighted by Crippen LogP contribution is -2.39. The number of benzene rings is 1. The van der Waals surface area contributed by atoms with E-state index in [9.17, 15) is 9.59 Å². The zero-order valence-electron chi connectivity index (χ0n) is 11.0. The lowest BCUT2D eigenvalue weighted by atomic mass is 9.93. The number of ether oxygens (including phenoxy) is 1. The monoisotopic (exact) mass is 262 g/mol. The third-order valence-electron chi connectivity index (χ3n) is 3.45. The molecule has 1 aromatic carbocycles. The molecule has 1 aromatic rings. The second-order valence-electron chi connectivity index (χ2n) is 4.58. The van der Waals surface area contributed by atoms with E-state index in [1.54, 1.807) is 4.90 Å². The van der Waals surface area contributed by atoms with E-state index in [0.717, 1.165) is 23.1 Å². The first-order valence-electron chi connectivity index (χ1n) is 6.30. The van der Waals surface area contributed by atoms with Crippen LogP contribution in [0.1, 0.15) is 16.7 Å². The molecule has 1 aliphatic heterocycles. The highest BCUT2D eigenvalue weighted by atomic mass is 16.5. The summed E-state index contributed by atoms with van der Waals surface area (Å²) < 4.78 is 4.70. The van der Waals surface area contributed by atoms with Crippen molar-refractivity contribution in [1.29, 1.82) is 0 Å². The topological polar surface area (TPSA) is 72.6 Å². The molecule has 102 valence electrons. The summed E-state index contributed by atoms with van der Waals surface area (Å²) in [4.78, 5) is 24.7. The van der Waals surface area contributed by atoms with Gasteiger partial charge in [0.25, 0.3) is 0 Å². The van der Waals surface area contributed by atoms with Crippen molar-refractivity contribution in [3.05, 3.63) is 34.9 Å². The molecule has 1 heterocycles. The number of hydrogen-bond donors (Lipinski definition) is 1. The highest BCUT2D eigenvalue weighted by Gasteiger charge is 2.22. The van der Waals surface area contributed by atoms with Gasteiger partial charge in [-0.3, -0.25) is 9.59 Å². The second kappa shape index (κ2) is 5.84. The van der Waals surface area contributed by atoms with E-state index in [1.165, 1.54) is 7.11 Å². The number of hydrogen-bond acceptors (Lipinski definition) is 4. The second-order valence-corrected chi connectivity index (χ2v) is 4.58. The molecule has 0 aliphatic carbocycles.